The molecule has 13 heavy (non-hydrogen) atoms. The lowest BCUT2D eigenvalue weighted by Crippen LogP contribution is -1.93. The van der Waals surface area contributed by atoms with Crippen LogP contribution in [0.4, 0.5) is 0 Å². The van der Waals surface area contributed by atoms with E-state index in [1.807, 2.05) is 13.0 Å². The SMILES string of the molecule is CCOc1ccc(C=CC=O)cn1. The Bertz CT molecular complexity index is 290. The van der Waals surface area contributed by atoms with Crippen molar-refractivity contribution in [1.82, 2.24) is 4.98 Å². The molecule has 0 aliphatic rings. The van der Waals surface area contributed by atoms with E-state index in [1.165, 1.54) is 6.08 Å². The molecule has 1 heterocycles. The number of aldehydes is 1. The van der Waals surface area contributed by atoms with Crippen LogP contribution in [0.15, 0.2) is 24.4 Å². The van der Waals surface area contributed by atoms with Crippen molar-refractivity contribution in [3.63, 3.8) is 0 Å². The highest BCUT2D eigenvalue weighted by Gasteiger charge is 1.91. The van der Waals surface area contributed by atoms with Crippen molar-refractivity contribution in [3.05, 3.63) is 30.0 Å². The fraction of sp³-hybridized carbons (Fsp3) is 0.200. The standard InChI is InChI=1S/C10H11NO2/c1-2-13-10-6-5-9(8-11-10)4-3-7-12/h3-8H,2H2,1H3. The second-order valence-corrected chi connectivity index (χ2v) is 2.36. The summed E-state index contributed by atoms with van der Waals surface area (Å²) in [7, 11) is 0. The van der Waals surface area contributed by atoms with Crippen molar-refractivity contribution in [2.75, 3.05) is 6.61 Å². The summed E-state index contributed by atoms with van der Waals surface area (Å²) < 4.78 is 5.16. The number of hydrogen-bond donors (Lipinski definition) is 0. The van der Waals surface area contributed by atoms with Crippen LogP contribution in [0.5, 0.6) is 5.88 Å². The largest absolute Gasteiger partial charge is 0.478 e. The van der Waals surface area contributed by atoms with Gasteiger partial charge in [-0.15, -0.1) is 0 Å². The Balaban J connectivity index is 2.69. The van der Waals surface area contributed by atoms with E-state index in [1.54, 1.807) is 18.3 Å². The number of ether oxygens (including phenoxy) is 1. The molecule has 1 aromatic rings. The van der Waals surface area contributed by atoms with Gasteiger partial charge in [0.05, 0.1) is 6.61 Å². The van der Waals surface area contributed by atoms with Crippen LogP contribution in [0.1, 0.15) is 12.5 Å². The summed E-state index contributed by atoms with van der Waals surface area (Å²) >= 11 is 0. The summed E-state index contributed by atoms with van der Waals surface area (Å²) in [4.78, 5) is 14.0. The van der Waals surface area contributed by atoms with Crippen molar-refractivity contribution < 1.29 is 9.53 Å². The van der Waals surface area contributed by atoms with Crippen LogP contribution >= 0.6 is 0 Å². The van der Waals surface area contributed by atoms with Crippen molar-refractivity contribution in [3.8, 4) is 5.88 Å². The molecule has 1 rings (SSSR count). The van der Waals surface area contributed by atoms with Crippen molar-refractivity contribution >= 4 is 12.4 Å². The minimum atomic E-state index is 0.603. The Labute approximate surface area is 77.1 Å². The topological polar surface area (TPSA) is 39.2 Å². The monoisotopic (exact) mass is 177 g/mol. The molecule has 1 aromatic heterocycles. The molecule has 0 saturated carbocycles. The van der Waals surface area contributed by atoms with Gasteiger partial charge in [0.1, 0.15) is 6.29 Å². The minimum Gasteiger partial charge on any atom is -0.478 e. The van der Waals surface area contributed by atoms with Gasteiger partial charge in [-0.2, -0.15) is 0 Å². The Morgan fingerprint density at radius 3 is 2.92 bits per heavy atom. The Kier molecular flexibility index (Phi) is 3.70. The first-order valence-electron chi connectivity index (χ1n) is 4.07. The molecule has 0 saturated heterocycles. The van der Waals surface area contributed by atoms with E-state index in [4.69, 9.17) is 4.74 Å². The fourth-order valence-electron chi connectivity index (χ4n) is 0.874. The first-order chi connectivity index (χ1) is 6.36. The lowest BCUT2D eigenvalue weighted by atomic mass is 10.2. The number of carbonyl (C=O) groups is 1. The predicted molar refractivity (Wildman–Crippen MR) is 50.5 cm³/mol. The highest BCUT2D eigenvalue weighted by Crippen LogP contribution is 2.08. The van der Waals surface area contributed by atoms with E-state index in [2.05, 4.69) is 4.98 Å². The quantitative estimate of drug-likeness (QED) is 0.519. The van der Waals surface area contributed by atoms with Crippen LogP contribution in [0.3, 0.4) is 0 Å². The number of pyridine rings is 1. The van der Waals surface area contributed by atoms with E-state index >= 15 is 0 Å². The van der Waals surface area contributed by atoms with E-state index in [-0.39, 0.29) is 0 Å². The van der Waals surface area contributed by atoms with Crippen LogP contribution in [-0.4, -0.2) is 17.9 Å². The number of carbonyl (C=O) groups excluding carboxylic acids is 1. The number of allylic oxidation sites excluding steroid dienone is 1. The van der Waals surface area contributed by atoms with Crippen LogP contribution in [0.25, 0.3) is 6.08 Å². The maximum absolute atomic E-state index is 10.0. The first-order valence-corrected chi connectivity index (χ1v) is 4.07. The molecule has 0 aliphatic carbocycles. The summed E-state index contributed by atoms with van der Waals surface area (Å²) in [6.07, 6.45) is 5.51. The zero-order valence-electron chi connectivity index (χ0n) is 7.43. The second kappa shape index (κ2) is 5.09. The van der Waals surface area contributed by atoms with Gasteiger partial charge in [-0.25, -0.2) is 4.98 Å². The van der Waals surface area contributed by atoms with Crippen molar-refractivity contribution in [2.24, 2.45) is 0 Å². The van der Waals surface area contributed by atoms with E-state index in [0.29, 0.717) is 12.5 Å². The molecular formula is C10H11NO2. The zero-order valence-corrected chi connectivity index (χ0v) is 7.43. The third-order valence-corrected chi connectivity index (χ3v) is 1.42. The molecule has 0 aromatic carbocycles. The number of aromatic nitrogens is 1. The molecule has 3 heteroatoms. The Morgan fingerprint density at radius 2 is 2.38 bits per heavy atom. The van der Waals surface area contributed by atoms with Gasteiger partial charge in [-0.3, -0.25) is 4.79 Å². The lowest BCUT2D eigenvalue weighted by Gasteiger charge is -2.00. The van der Waals surface area contributed by atoms with Crippen LogP contribution in [0, 0.1) is 0 Å². The molecule has 3 nitrogen and oxygen atoms in total. The van der Waals surface area contributed by atoms with Gasteiger partial charge in [0.15, 0.2) is 0 Å². The number of hydrogen-bond acceptors (Lipinski definition) is 3. The van der Waals surface area contributed by atoms with Gasteiger partial charge in [-0.1, -0.05) is 6.08 Å². The summed E-state index contributed by atoms with van der Waals surface area (Å²) in [5, 5.41) is 0. The molecule has 0 spiro atoms. The van der Waals surface area contributed by atoms with Gasteiger partial charge in [-0.05, 0) is 24.6 Å². The van der Waals surface area contributed by atoms with Gasteiger partial charge in [0.25, 0.3) is 0 Å². The Morgan fingerprint density at radius 1 is 1.54 bits per heavy atom. The van der Waals surface area contributed by atoms with Gasteiger partial charge in [0, 0.05) is 12.3 Å². The summed E-state index contributed by atoms with van der Waals surface area (Å²) in [5.41, 5.74) is 0.885. The maximum Gasteiger partial charge on any atom is 0.213 e. The third-order valence-electron chi connectivity index (χ3n) is 1.42. The summed E-state index contributed by atoms with van der Waals surface area (Å²) in [6, 6.07) is 3.62. The average molecular weight is 177 g/mol. The molecule has 0 amide bonds. The predicted octanol–water partition coefficient (Wildman–Crippen LogP) is 1.69. The molecule has 0 N–H and O–H groups in total. The van der Waals surface area contributed by atoms with E-state index in [9.17, 15) is 4.79 Å². The normalized spacial score (nSPS) is 10.2. The average Bonchev–Trinajstić information content (AvgIpc) is 2.17. The van der Waals surface area contributed by atoms with Crippen LogP contribution < -0.4 is 4.74 Å². The lowest BCUT2D eigenvalue weighted by molar-refractivity contribution is -0.104. The van der Waals surface area contributed by atoms with E-state index < -0.39 is 0 Å². The van der Waals surface area contributed by atoms with Crippen LogP contribution in [-0.2, 0) is 4.79 Å². The second-order valence-electron chi connectivity index (χ2n) is 2.36. The Hall–Kier alpha value is -1.64. The number of rotatable bonds is 4. The van der Waals surface area contributed by atoms with Gasteiger partial charge >= 0.3 is 0 Å². The third kappa shape index (κ3) is 3.07. The number of nitrogens with zero attached hydrogens (tertiary/aromatic N) is 1. The molecule has 0 bridgehead atoms. The maximum atomic E-state index is 10.0. The zero-order chi connectivity index (χ0) is 9.52. The fourth-order valence-corrected chi connectivity index (χ4v) is 0.874. The summed E-state index contributed by atoms with van der Waals surface area (Å²) in [6.45, 7) is 2.51. The highest BCUT2D eigenvalue weighted by atomic mass is 16.5. The van der Waals surface area contributed by atoms with Crippen LogP contribution in [0.2, 0.25) is 0 Å². The molecule has 0 aliphatic heterocycles. The first kappa shape index (κ1) is 9.45. The molecule has 0 fully saturated rings. The molecule has 0 atom stereocenters. The smallest absolute Gasteiger partial charge is 0.213 e. The van der Waals surface area contributed by atoms with Gasteiger partial charge in [0.2, 0.25) is 5.88 Å². The van der Waals surface area contributed by atoms with Crippen molar-refractivity contribution in [1.29, 1.82) is 0 Å². The molecular weight excluding hydrogens is 166 g/mol. The van der Waals surface area contributed by atoms with Gasteiger partial charge < -0.3 is 4.74 Å². The van der Waals surface area contributed by atoms with Crippen molar-refractivity contribution in [2.45, 2.75) is 6.92 Å². The minimum absolute atomic E-state index is 0.603. The highest BCUT2D eigenvalue weighted by molar-refractivity contribution is 5.73. The summed E-state index contributed by atoms with van der Waals surface area (Å²) in [5.74, 6) is 0.603. The molecule has 68 valence electrons. The molecule has 0 unspecified atom stereocenters. The molecule has 0 radical (unpaired) electrons. The van der Waals surface area contributed by atoms with E-state index in [0.717, 1.165) is 11.8 Å².